The van der Waals surface area contributed by atoms with Crippen LogP contribution >= 0.6 is 12.6 Å². The van der Waals surface area contributed by atoms with Gasteiger partial charge in [0.15, 0.2) is 0 Å². The number of carbonyl (C=O) groups excluding carboxylic acids is 1. The van der Waals surface area contributed by atoms with E-state index >= 15 is 0 Å². The van der Waals surface area contributed by atoms with Gasteiger partial charge in [-0.1, -0.05) is 39.0 Å². The monoisotopic (exact) mass is 247 g/mol. The molecule has 0 saturated heterocycles. The zero-order valence-corrected chi connectivity index (χ0v) is 11.4. The molecule has 0 aliphatic rings. The largest absolute Gasteiger partial charge is 0.465 e. The Morgan fingerprint density at radius 1 is 1.25 bits per heavy atom. The average Bonchev–Trinajstić information content (AvgIpc) is 2.29. The first-order valence-corrected chi connectivity index (χ1v) is 6.84. The fraction of sp³-hybridized carbons (Fsp3) is 0.917. The molecule has 0 aromatic rings. The Bertz CT molecular complexity index is 172. The zero-order valence-electron chi connectivity index (χ0n) is 10.5. The summed E-state index contributed by atoms with van der Waals surface area (Å²) in [5.41, 5.74) is 0. The van der Waals surface area contributed by atoms with E-state index in [1.165, 1.54) is 25.7 Å². The number of rotatable bonds is 10. The summed E-state index contributed by atoms with van der Waals surface area (Å²) >= 11 is 4.07. The van der Waals surface area contributed by atoms with Gasteiger partial charge in [-0.3, -0.25) is 4.79 Å². The molecule has 0 fully saturated rings. The molecule has 0 rings (SSSR count). The summed E-state index contributed by atoms with van der Waals surface area (Å²) in [6, 6.07) is -0.275. The Morgan fingerprint density at radius 2 is 1.88 bits per heavy atom. The van der Waals surface area contributed by atoms with Crippen LogP contribution in [0.5, 0.6) is 0 Å². The Morgan fingerprint density at radius 3 is 2.44 bits per heavy atom. The van der Waals surface area contributed by atoms with Gasteiger partial charge in [-0.05, 0) is 13.5 Å². The van der Waals surface area contributed by atoms with Gasteiger partial charge in [0.05, 0.1) is 6.61 Å². The quantitative estimate of drug-likeness (QED) is 0.354. The van der Waals surface area contributed by atoms with E-state index < -0.39 is 0 Å². The predicted octanol–water partition coefficient (Wildman–Crippen LogP) is 2.41. The normalized spacial score (nSPS) is 12.4. The van der Waals surface area contributed by atoms with Gasteiger partial charge in [0.25, 0.3) is 0 Å². The zero-order chi connectivity index (χ0) is 12.2. The molecule has 0 heterocycles. The molecule has 0 aromatic heterocycles. The lowest BCUT2D eigenvalue weighted by Crippen LogP contribution is -2.37. The van der Waals surface area contributed by atoms with Crippen LogP contribution in [0.25, 0.3) is 0 Å². The van der Waals surface area contributed by atoms with Crippen molar-refractivity contribution in [2.24, 2.45) is 0 Å². The Labute approximate surface area is 105 Å². The third-order valence-corrected chi connectivity index (χ3v) is 2.92. The fourth-order valence-corrected chi connectivity index (χ4v) is 1.77. The van der Waals surface area contributed by atoms with Gasteiger partial charge in [0, 0.05) is 5.75 Å². The first kappa shape index (κ1) is 15.8. The molecule has 16 heavy (non-hydrogen) atoms. The van der Waals surface area contributed by atoms with Crippen molar-refractivity contribution in [3.8, 4) is 0 Å². The van der Waals surface area contributed by atoms with Gasteiger partial charge in [0.2, 0.25) is 0 Å². The summed E-state index contributed by atoms with van der Waals surface area (Å²) in [6.45, 7) is 2.74. The maximum atomic E-state index is 11.4. The van der Waals surface area contributed by atoms with Crippen LogP contribution in [0, 0.1) is 0 Å². The molecule has 0 amide bonds. The van der Waals surface area contributed by atoms with Gasteiger partial charge >= 0.3 is 5.97 Å². The summed E-state index contributed by atoms with van der Waals surface area (Å²) in [6.07, 6.45) is 7.23. The Hall–Kier alpha value is -0.220. The van der Waals surface area contributed by atoms with E-state index in [-0.39, 0.29) is 12.0 Å². The summed E-state index contributed by atoms with van der Waals surface area (Å²) < 4.78 is 5.14. The summed E-state index contributed by atoms with van der Waals surface area (Å²) in [4.78, 5) is 11.4. The molecule has 0 saturated carbocycles. The number of nitrogens with one attached hydrogen (secondary N) is 1. The van der Waals surface area contributed by atoms with Crippen LogP contribution < -0.4 is 5.32 Å². The lowest BCUT2D eigenvalue weighted by atomic mass is 10.1. The summed E-state index contributed by atoms with van der Waals surface area (Å²) in [7, 11) is 1.74. The van der Waals surface area contributed by atoms with Crippen LogP contribution in [0.3, 0.4) is 0 Å². The number of likely N-dealkylation sites (N-methyl/N-ethyl adjacent to an activating group) is 1. The highest BCUT2D eigenvalue weighted by Gasteiger charge is 2.15. The molecule has 0 aliphatic heterocycles. The fourth-order valence-electron chi connectivity index (χ4n) is 1.44. The van der Waals surface area contributed by atoms with E-state index in [0.29, 0.717) is 12.4 Å². The third kappa shape index (κ3) is 7.99. The first-order chi connectivity index (χ1) is 7.76. The SMILES string of the molecule is CCCCCCCCOC(=O)[C@@H](CS)NC. The Kier molecular flexibility index (Phi) is 11.1. The third-order valence-electron chi connectivity index (χ3n) is 2.56. The molecule has 0 unspecified atom stereocenters. The number of carbonyl (C=O) groups is 1. The molecule has 0 aliphatic carbocycles. The van der Waals surface area contributed by atoms with E-state index in [4.69, 9.17) is 4.74 Å². The van der Waals surface area contributed by atoms with E-state index in [0.717, 1.165) is 12.8 Å². The molecule has 0 aromatic carbocycles. The first-order valence-electron chi connectivity index (χ1n) is 6.21. The second-order valence-corrected chi connectivity index (χ2v) is 4.32. The minimum absolute atomic E-state index is 0.189. The highest BCUT2D eigenvalue weighted by Crippen LogP contribution is 2.05. The van der Waals surface area contributed by atoms with Gasteiger partial charge in [-0.15, -0.1) is 0 Å². The summed E-state index contributed by atoms with van der Waals surface area (Å²) in [5, 5.41) is 2.87. The van der Waals surface area contributed by atoms with Crippen molar-refractivity contribution in [1.82, 2.24) is 5.32 Å². The van der Waals surface area contributed by atoms with Gasteiger partial charge < -0.3 is 10.1 Å². The molecule has 0 bridgehead atoms. The maximum Gasteiger partial charge on any atom is 0.323 e. The van der Waals surface area contributed by atoms with E-state index in [1.54, 1.807) is 7.05 Å². The predicted molar refractivity (Wildman–Crippen MR) is 71.0 cm³/mol. The second kappa shape index (κ2) is 11.3. The molecule has 96 valence electrons. The van der Waals surface area contributed by atoms with Crippen LogP contribution in [-0.4, -0.2) is 31.4 Å². The van der Waals surface area contributed by atoms with Gasteiger partial charge in [-0.2, -0.15) is 12.6 Å². The topological polar surface area (TPSA) is 38.3 Å². The molecular formula is C12H25NO2S. The van der Waals surface area contributed by atoms with Crippen molar-refractivity contribution in [1.29, 1.82) is 0 Å². The van der Waals surface area contributed by atoms with Crippen molar-refractivity contribution in [2.45, 2.75) is 51.5 Å². The van der Waals surface area contributed by atoms with Crippen molar-refractivity contribution >= 4 is 18.6 Å². The van der Waals surface area contributed by atoms with E-state index in [1.807, 2.05) is 0 Å². The minimum Gasteiger partial charge on any atom is -0.465 e. The highest BCUT2D eigenvalue weighted by molar-refractivity contribution is 7.80. The van der Waals surface area contributed by atoms with Crippen LogP contribution in [0.4, 0.5) is 0 Å². The molecule has 4 heteroatoms. The molecule has 3 nitrogen and oxygen atoms in total. The lowest BCUT2D eigenvalue weighted by molar-refractivity contribution is -0.145. The van der Waals surface area contributed by atoms with Crippen molar-refractivity contribution in [2.75, 3.05) is 19.4 Å². The lowest BCUT2D eigenvalue weighted by Gasteiger charge is -2.12. The van der Waals surface area contributed by atoms with Gasteiger partial charge in [-0.25, -0.2) is 0 Å². The number of unbranched alkanes of at least 4 members (excludes halogenated alkanes) is 5. The van der Waals surface area contributed by atoms with Crippen LogP contribution in [0.1, 0.15) is 45.4 Å². The highest BCUT2D eigenvalue weighted by atomic mass is 32.1. The average molecular weight is 247 g/mol. The van der Waals surface area contributed by atoms with Crippen molar-refractivity contribution in [3.63, 3.8) is 0 Å². The Balaban J connectivity index is 3.33. The number of thiol groups is 1. The maximum absolute atomic E-state index is 11.4. The van der Waals surface area contributed by atoms with Crippen LogP contribution in [-0.2, 0) is 9.53 Å². The summed E-state index contributed by atoms with van der Waals surface area (Å²) in [5.74, 6) is 0.289. The number of ether oxygens (including phenoxy) is 1. The van der Waals surface area contributed by atoms with Crippen molar-refractivity contribution < 1.29 is 9.53 Å². The van der Waals surface area contributed by atoms with Crippen molar-refractivity contribution in [3.05, 3.63) is 0 Å². The van der Waals surface area contributed by atoms with E-state index in [9.17, 15) is 4.79 Å². The number of esters is 1. The molecule has 1 N–H and O–H groups in total. The van der Waals surface area contributed by atoms with Gasteiger partial charge in [0.1, 0.15) is 6.04 Å². The minimum atomic E-state index is -0.275. The standard InChI is InChI=1S/C12H25NO2S/c1-3-4-5-6-7-8-9-15-12(14)11(10-16)13-2/h11,13,16H,3-10H2,1-2H3/t11-/m1/s1. The molecular weight excluding hydrogens is 222 g/mol. The van der Waals surface area contributed by atoms with Crippen LogP contribution in [0.2, 0.25) is 0 Å². The number of hydrogen-bond acceptors (Lipinski definition) is 4. The smallest absolute Gasteiger partial charge is 0.323 e. The molecule has 0 spiro atoms. The van der Waals surface area contributed by atoms with E-state index in [2.05, 4.69) is 24.9 Å². The number of hydrogen-bond donors (Lipinski definition) is 2. The molecule has 1 atom stereocenters. The molecule has 0 radical (unpaired) electrons. The van der Waals surface area contributed by atoms with Crippen LogP contribution in [0.15, 0.2) is 0 Å². The second-order valence-electron chi connectivity index (χ2n) is 3.96.